The molecule has 0 unspecified atom stereocenters. The fourth-order valence-electron chi connectivity index (χ4n) is 15.5. The maximum absolute atomic E-state index is 13.9. The predicted molar refractivity (Wildman–Crippen MR) is 451 cm³/mol. The molecule has 0 amide bonds. The van der Waals surface area contributed by atoms with Gasteiger partial charge in [0.05, 0.1) is 19.7 Å². The summed E-state index contributed by atoms with van der Waals surface area (Å²) in [7, 11) is 0. The van der Waals surface area contributed by atoms with Gasteiger partial charge >= 0.3 is 0 Å². The molecule has 3 fully saturated rings. The van der Waals surface area contributed by atoms with Crippen molar-refractivity contribution < 1.29 is 48.3 Å². The molecule has 18 heteroatoms. The van der Waals surface area contributed by atoms with E-state index in [2.05, 4.69) is 33.8 Å². The second kappa shape index (κ2) is 36.9. The number of phenols is 3. The van der Waals surface area contributed by atoms with Crippen LogP contribution >= 0.6 is 57.2 Å². The lowest BCUT2D eigenvalue weighted by Crippen LogP contribution is -2.29. The molecule has 3 N–H and O–H groups in total. The topological polar surface area (TPSA) is 149 Å². The molecule has 0 atom stereocenters. The average molecular weight is 1570 g/mol. The highest BCUT2D eigenvalue weighted by Gasteiger charge is 2.28. The lowest BCUT2D eigenvalue weighted by molar-refractivity contribution is 0.103. The minimum Gasteiger partial charge on any atom is -0.508 e. The van der Waals surface area contributed by atoms with Crippen LogP contribution in [0.5, 0.6) is 34.5 Å². The van der Waals surface area contributed by atoms with Crippen molar-refractivity contribution in [1.29, 1.82) is 0 Å². The largest absolute Gasteiger partial charge is 0.508 e. The van der Waals surface area contributed by atoms with Gasteiger partial charge in [-0.05, 0) is 273 Å². The van der Waals surface area contributed by atoms with Crippen LogP contribution in [0.4, 0.5) is 4.39 Å². The van der Waals surface area contributed by atoms with Crippen molar-refractivity contribution in [3.63, 3.8) is 0 Å². The van der Waals surface area contributed by atoms with E-state index in [1.165, 1.54) is 136 Å². The highest BCUT2D eigenvalue weighted by molar-refractivity contribution is 7.22. The second-order valence-corrected chi connectivity index (χ2v) is 33.1. The van der Waals surface area contributed by atoms with E-state index in [1.807, 2.05) is 131 Å². The van der Waals surface area contributed by atoms with Crippen molar-refractivity contribution in [2.24, 2.45) is 0 Å². The molecule has 0 saturated carbocycles. The number of rotatable bonds is 21. The Hall–Kier alpha value is -8.94. The quantitative estimate of drug-likeness (QED) is 0.0588. The predicted octanol–water partition coefficient (Wildman–Crippen LogP) is 23.3. The zero-order chi connectivity index (χ0) is 77.0. The summed E-state index contributed by atoms with van der Waals surface area (Å²) in [6.45, 7) is 21.6. The van der Waals surface area contributed by atoms with E-state index in [-0.39, 0.29) is 45.2 Å². The van der Waals surface area contributed by atoms with Gasteiger partial charge in [0.15, 0.2) is 0 Å². The van der Waals surface area contributed by atoms with Crippen LogP contribution in [0.3, 0.4) is 0 Å². The number of aromatic hydroxyl groups is 3. The van der Waals surface area contributed by atoms with Crippen LogP contribution in [0.2, 0.25) is 10.0 Å². The van der Waals surface area contributed by atoms with Gasteiger partial charge in [0, 0.05) is 88.3 Å². The van der Waals surface area contributed by atoms with Gasteiger partial charge in [-0.3, -0.25) is 29.1 Å². The fraction of sp³-hybridized carbons (Fsp3) is 0.315. The molecule has 0 spiro atoms. The number of phenolic OH excluding ortho intramolecular Hbond substituents is 3. The molecule has 3 aliphatic rings. The summed E-state index contributed by atoms with van der Waals surface area (Å²) in [6, 6.07) is 51.1. The maximum Gasteiger partial charge on any atom is 0.205 e. The molecule has 12 aromatic rings. The van der Waals surface area contributed by atoms with Crippen molar-refractivity contribution in [2.75, 3.05) is 78.7 Å². The first-order chi connectivity index (χ1) is 53.3. The zero-order valence-corrected chi connectivity index (χ0v) is 67.1. The van der Waals surface area contributed by atoms with Crippen LogP contribution < -0.4 is 14.2 Å². The first kappa shape index (κ1) is 79.2. The van der Waals surface area contributed by atoms with Crippen molar-refractivity contribution >= 4 is 105 Å². The molecular weight excluding hydrogens is 1480 g/mol. The van der Waals surface area contributed by atoms with Gasteiger partial charge in [-0.2, -0.15) is 0 Å². The third kappa shape index (κ3) is 19.3. The molecule has 12 nitrogen and oxygen atoms in total. The van der Waals surface area contributed by atoms with Crippen LogP contribution in [0.15, 0.2) is 170 Å². The number of carbonyl (C=O) groups is 3. The first-order valence-electron chi connectivity index (χ1n) is 38.4. The number of nitrogens with zero attached hydrogens (tertiary/aromatic N) is 3. The summed E-state index contributed by atoms with van der Waals surface area (Å²) in [5.41, 5.74) is 11.9. The van der Waals surface area contributed by atoms with Crippen LogP contribution in [0, 0.1) is 40.4 Å². The van der Waals surface area contributed by atoms with Crippen LogP contribution in [-0.2, 0) is 0 Å². The van der Waals surface area contributed by atoms with E-state index in [9.17, 15) is 34.1 Å². The average Bonchev–Trinajstić information content (AvgIpc) is 1.55. The molecule has 110 heavy (non-hydrogen) atoms. The Balaban J connectivity index is 0.000000145. The molecule has 3 aromatic heterocycles. The van der Waals surface area contributed by atoms with Gasteiger partial charge in [-0.15, -0.1) is 34.0 Å². The number of carbonyl (C=O) groups excluding carboxylic acids is 3. The van der Waals surface area contributed by atoms with E-state index in [4.69, 9.17) is 37.4 Å². The summed E-state index contributed by atoms with van der Waals surface area (Å²) < 4.78 is 34.3. The Morgan fingerprint density at radius 2 is 0.691 bits per heavy atom. The number of aryl methyl sites for hydroxylation is 5. The number of benzene rings is 9. The molecule has 0 radical (unpaired) electrons. The van der Waals surface area contributed by atoms with Gasteiger partial charge < -0.3 is 29.5 Å². The van der Waals surface area contributed by atoms with Gasteiger partial charge in [0.2, 0.25) is 17.3 Å². The zero-order valence-electron chi connectivity index (χ0n) is 63.1. The van der Waals surface area contributed by atoms with Crippen molar-refractivity contribution in [1.82, 2.24) is 14.7 Å². The third-order valence-corrected chi connectivity index (χ3v) is 25.0. The first-order valence-corrected chi connectivity index (χ1v) is 41.6. The number of fused-ring (bicyclic) bond motifs is 3. The highest BCUT2D eigenvalue weighted by atomic mass is 35.5. The summed E-state index contributed by atoms with van der Waals surface area (Å²) in [6.07, 6.45) is 15.6. The summed E-state index contributed by atoms with van der Waals surface area (Å²) in [4.78, 5) is 50.7. The maximum atomic E-state index is 13.9. The van der Waals surface area contributed by atoms with Crippen LogP contribution in [0.1, 0.15) is 151 Å². The number of ketones is 3. The molecule has 3 saturated heterocycles. The Morgan fingerprint density at radius 3 is 1.01 bits per heavy atom. The second-order valence-electron chi connectivity index (χ2n) is 29.1. The van der Waals surface area contributed by atoms with E-state index in [0.717, 1.165) is 166 Å². The summed E-state index contributed by atoms with van der Waals surface area (Å²) >= 11 is 16.6. The van der Waals surface area contributed by atoms with E-state index in [1.54, 1.807) is 36.4 Å². The number of hydrogen-bond donors (Lipinski definition) is 3. The summed E-state index contributed by atoms with van der Waals surface area (Å²) in [5, 5.41) is 33.7. The molecule has 15 rings (SSSR count). The van der Waals surface area contributed by atoms with Crippen molar-refractivity contribution in [3.05, 3.63) is 245 Å². The Morgan fingerprint density at radius 1 is 0.382 bits per heavy atom. The van der Waals surface area contributed by atoms with Crippen LogP contribution in [-0.4, -0.2) is 126 Å². The number of thiophene rings is 3. The lowest BCUT2D eigenvalue weighted by atomic mass is 9.92. The van der Waals surface area contributed by atoms with Crippen molar-refractivity contribution in [3.8, 4) is 67.9 Å². The molecule has 6 heterocycles. The number of halogens is 3. The van der Waals surface area contributed by atoms with Gasteiger partial charge in [0.25, 0.3) is 0 Å². The van der Waals surface area contributed by atoms with Crippen LogP contribution in [0.25, 0.3) is 63.6 Å². The normalized spacial score (nSPS) is 14.6. The molecular formula is C92H94Cl2FN3O9S3. The smallest absolute Gasteiger partial charge is 0.205 e. The number of hydrogen-bond acceptors (Lipinski definition) is 15. The Labute approximate surface area is 666 Å². The third-order valence-electron chi connectivity index (χ3n) is 21.0. The fourth-order valence-corrected chi connectivity index (χ4v) is 19.7. The lowest BCUT2D eigenvalue weighted by Gasteiger charge is -2.19. The monoisotopic (exact) mass is 1570 g/mol. The van der Waals surface area contributed by atoms with Crippen molar-refractivity contribution in [2.45, 2.75) is 112 Å². The van der Waals surface area contributed by atoms with Gasteiger partial charge in [-0.1, -0.05) is 116 Å². The molecule has 3 aliphatic heterocycles. The van der Waals surface area contributed by atoms with E-state index >= 15 is 0 Å². The molecule has 0 aliphatic carbocycles. The van der Waals surface area contributed by atoms with E-state index in [0.29, 0.717) is 45.0 Å². The molecule has 570 valence electrons. The van der Waals surface area contributed by atoms with Gasteiger partial charge in [-0.25, -0.2) is 4.39 Å². The number of ether oxygens (including phenoxy) is 3. The minimum atomic E-state index is -0.496. The summed E-state index contributed by atoms with van der Waals surface area (Å²) in [5.74, 6) is 2.19. The minimum absolute atomic E-state index is 0.0277. The van der Waals surface area contributed by atoms with E-state index < -0.39 is 5.82 Å². The highest BCUT2D eigenvalue weighted by Crippen LogP contribution is 2.46. The molecule has 9 aromatic carbocycles. The van der Waals surface area contributed by atoms with Gasteiger partial charge in [0.1, 0.15) is 60.1 Å². The Kier molecular flexibility index (Phi) is 26.6. The number of likely N-dealkylation sites (tertiary alicyclic amines) is 3. The standard InChI is InChI=1S/C32H35NO3S.C31H32ClNO3S.C29H27ClFNO3S/c1-21-18-22(2)29(23(3)19-21)31(35)32-30(27-13-10-25(34)20-28(27)37-32)24-8-11-26(12-9-24)36-17-16-33-14-6-4-5-7-15-33;1-20-17-23(32)18-21(2)28(20)30(35)31-29(26-12-9-24(34)19-27(26)37-31)22-7-10-25(11-8-22)36-16-15-33-13-5-3-4-6-14-33;30-25-17-20(31)7-11-23(25)28(34)29-27(24-12-8-21(33)18-26(24)36-29)19-5-9-22(10-6-19)35-16-15-32-13-3-1-2-4-14-32/h8-13,18-20,34H,4-7,14-17H2,1-3H3;7-12,17-19,34H,3-6,13-16H2,1-2H3;5-12,17-18,33H,1-4,13-16H2. The SMILES string of the molecule is Cc1cc(C)c(C(=O)c2sc3cc(O)ccc3c2-c2ccc(OCCN3CCCCCC3)cc2)c(C)c1.Cc1cc(Cl)cc(C)c1C(=O)c1sc2cc(O)ccc2c1-c1ccc(OCCN2CCCCCC2)cc1.O=C(c1ccc(F)cc1Cl)c1sc2cc(O)ccc2c1-c1ccc(OCCN2CCCCCC2)cc1. The Bertz CT molecular complexity index is 4980. The molecule has 0 bridgehead atoms.